The number of hydrogen-bond acceptors (Lipinski definition) is 6. The molecular weight excluding hydrogens is 358 g/mol. The van der Waals surface area contributed by atoms with Gasteiger partial charge >= 0.3 is 0 Å². The minimum atomic E-state index is -0.121. The molecule has 7 heteroatoms. The average Bonchev–Trinajstić information content (AvgIpc) is 3.20. The molecule has 0 unspecified atom stereocenters. The van der Waals surface area contributed by atoms with E-state index in [4.69, 9.17) is 19.9 Å². The standard InChI is InChI=1S/C21H21N3O4/c1-26-19-10-14(11-20(27-2)21(19)28-3)17-12-16(23-24-17)8-9-18(25)13-4-6-15(22)7-5-13/h4-12H,22H2,1-3H3,(H,23,24)/b9-8+. The Labute approximate surface area is 162 Å². The Morgan fingerprint density at radius 2 is 1.64 bits per heavy atom. The van der Waals surface area contributed by atoms with Crippen molar-refractivity contribution in [3.63, 3.8) is 0 Å². The Kier molecular flexibility index (Phi) is 5.64. The van der Waals surface area contributed by atoms with Gasteiger partial charge in [0.1, 0.15) is 0 Å². The molecule has 0 aliphatic carbocycles. The number of nitrogens with two attached hydrogens (primary N) is 1. The molecule has 28 heavy (non-hydrogen) atoms. The molecule has 144 valence electrons. The number of nitrogens with one attached hydrogen (secondary N) is 1. The molecule has 1 heterocycles. The fourth-order valence-electron chi connectivity index (χ4n) is 2.71. The zero-order valence-electron chi connectivity index (χ0n) is 15.9. The molecule has 0 saturated carbocycles. The summed E-state index contributed by atoms with van der Waals surface area (Å²) in [4.78, 5) is 12.2. The number of nitrogens with zero attached hydrogens (tertiary/aromatic N) is 1. The van der Waals surface area contributed by atoms with Crippen LogP contribution in [0.1, 0.15) is 16.1 Å². The summed E-state index contributed by atoms with van der Waals surface area (Å²) in [6, 6.07) is 12.2. The van der Waals surface area contributed by atoms with Crippen LogP contribution in [0.3, 0.4) is 0 Å². The summed E-state index contributed by atoms with van der Waals surface area (Å²) in [5.41, 5.74) is 8.97. The van der Waals surface area contributed by atoms with Crippen LogP contribution in [0.5, 0.6) is 17.2 Å². The molecule has 0 spiro atoms. The van der Waals surface area contributed by atoms with Gasteiger partial charge in [0.05, 0.1) is 32.7 Å². The van der Waals surface area contributed by atoms with Crippen LogP contribution >= 0.6 is 0 Å². The second-order valence-electron chi connectivity index (χ2n) is 5.94. The summed E-state index contributed by atoms with van der Waals surface area (Å²) < 4.78 is 16.1. The van der Waals surface area contributed by atoms with Crippen molar-refractivity contribution in [2.24, 2.45) is 0 Å². The number of H-pyrrole nitrogens is 1. The molecule has 3 rings (SSSR count). The van der Waals surface area contributed by atoms with Gasteiger partial charge in [-0.3, -0.25) is 9.89 Å². The molecule has 0 atom stereocenters. The van der Waals surface area contributed by atoms with Crippen LogP contribution in [0.4, 0.5) is 5.69 Å². The van der Waals surface area contributed by atoms with Crippen molar-refractivity contribution in [3.05, 3.63) is 59.8 Å². The van der Waals surface area contributed by atoms with Crippen LogP contribution in [-0.4, -0.2) is 37.3 Å². The number of benzene rings is 2. The van der Waals surface area contributed by atoms with Crippen LogP contribution in [-0.2, 0) is 0 Å². The fourth-order valence-corrected chi connectivity index (χ4v) is 2.71. The first-order chi connectivity index (χ1) is 13.5. The van der Waals surface area contributed by atoms with Crippen molar-refractivity contribution < 1.29 is 19.0 Å². The minimum absolute atomic E-state index is 0.121. The monoisotopic (exact) mass is 379 g/mol. The number of ether oxygens (including phenoxy) is 3. The lowest BCUT2D eigenvalue weighted by atomic mass is 10.1. The van der Waals surface area contributed by atoms with Crippen molar-refractivity contribution in [1.29, 1.82) is 0 Å². The highest BCUT2D eigenvalue weighted by atomic mass is 16.5. The zero-order chi connectivity index (χ0) is 20.1. The van der Waals surface area contributed by atoms with E-state index in [0.29, 0.717) is 39.9 Å². The highest BCUT2D eigenvalue weighted by Crippen LogP contribution is 2.40. The summed E-state index contributed by atoms with van der Waals surface area (Å²) in [6.45, 7) is 0. The third-order valence-electron chi connectivity index (χ3n) is 4.17. The van der Waals surface area contributed by atoms with Crippen molar-refractivity contribution in [3.8, 4) is 28.5 Å². The molecule has 0 aliphatic rings. The molecule has 7 nitrogen and oxygen atoms in total. The maximum absolute atomic E-state index is 12.2. The van der Waals surface area contributed by atoms with E-state index in [1.54, 1.807) is 51.7 Å². The summed E-state index contributed by atoms with van der Waals surface area (Å²) >= 11 is 0. The lowest BCUT2D eigenvalue weighted by Crippen LogP contribution is -1.95. The maximum atomic E-state index is 12.2. The van der Waals surface area contributed by atoms with E-state index < -0.39 is 0 Å². The first-order valence-electron chi connectivity index (χ1n) is 8.49. The molecule has 0 amide bonds. The van der Waals surface area contributed by atoms with Crippen molar-refractivity contribution in [1.82, 2.24) is 10.2 Å². The Hall–Kier alpha value is -3.74. The normalized spacial score (nSPS) is 10.8. The van der Waals surface area contributed by atoms with Gasteiger partial charge in [-0.05, 0) is 54.6 Å². The van der Waals surface area contributed by atoms with Crippen molar-refractivity contribution >= 4 is 17.5 Å². The predicted molar refractivity (Wildman–Crippen MR) is 108 cm³/mol. The first kappa shape index (κ1) is 19.0. The average molecular weight is 379 g/mol. The topological polar surface area (TPSA) is 99.5 Å². The SMILES string of the molecule is COc1cc(-c2cc(/C=C/C(=O)c3ccc(N)cc3)[nH]n2)cc(OC)c1OC. The van der Waals surface area contributed by atoms with Gasteiger partial charge in [0.2, 0.25) is 5.75 Å². The van der Waals surface area contributed by atoms with Gasteiger partial charge < -0.3 is 19.9 Å². The number of ketones is 1. The molecule has 1 aromatic heterocycles. The summed E-state index contributed by atoms with van der Waals surface area (Å²) in [5, 5.41) is 7.20. The van der Waals surface area contributed by atoms with Gasteiger partial charge in [0, 0.05) is 16.8 Å². The third-order valence-corrected chi connectivity index (χ3v) is 4.17. The molecule has 3 N–H and O–H groups in total. The number of methoxy groups -OCH3 is 3. The molecule has 3 aromatic rings. The number of carbonyl (C=O) groups is 1. The molecular formula is C21H21N3O4. The molecule has 2 aromatic carbocycles. The molecule has 0 aliphatic heterocycles. The quantitative estimate of drug-likeness (QED) is 0.370. The highest BCUT2D eigenvalue weighted by molar-refractivity contribution is 6.06. The molecule has 0 fully saturated rings. The van der Waals surface area contributed by atoms with E-state index >= 15 is 0 Å². The fraction of sp³-hybridized carbons (Fsp3) is 0.143. The van der Waals surface area contributed by atoms with Crippen LogP contribution in [0.25, 0.3) is 17.3 Å². The second-order valence-corrected chi connectivity index (χ2v) is 5.94. The number of rotatable bonds is 7. The maximum Gasteiger partial charge on any atom is 0.203 e. The van der Waals surface area contributed by atoms with Crippen LogP contribution < -0.4 is 19.9 Å². The number of nitrogen functional groups attached to an aromatic ring is 1. The predicted octanol–water partition coefficient (Wildman–Crippen LogP) is 3.58. The Balaban J connectivity index is 1.84. The van der Waals surface area contributed by atoms with E-state index in [1.165, 1.54) is 6.08 Å². The van der Waals surface area contributed by atoms with Gasteiger partial charge in [-0.1, -0.05) is 0 Å². The number of carbonyl (C=O) groups excluding carboxylic acids is 1. The lowest BCUT2D eigenvalue weighted by Gasteiger charge is -2.13. The van der Waals surface area contributed by atoms with E-state index in [9.17, 15) is 4.79 Å². The summed E-state index contributed by atoms with van der Waals surface area (Å²) in [7, 11) is 4.67. The van der Waals surface area contributed by atoms with E-state index in [1.807, 2.05) is 18.2 Å². The van der Waals surface area contributed by atoms with Gasteiger partial charge in [0.15, 0.2) is 17.3 Å². The first-order valence-corrected chi connectivity index (χ1v) is 8.49. The Morgan fingerprint density at radius 3 is 2.21 bits per heavy atom. The highest BCUT2D eigenvalue weighted by Gasteiger charge is 2.15. The van der Waals surface area contributed by atoms with Gasteiger partial charge in [-0.2, -0.15) is 5.10 Å². The minimum Gasteiger partial charge on any atom is -0.493 e. The van der Waals surface area contributed by atoms with Gasteiger partial charge in [-0.25, -0.2) is 0 Å². The lowest BCUT2D eigenvalue weighted by molar-refractivity contribution is 0.104. The molecule has 0 radical (unpaired) electrons. The van der Waals surface area contributed by atoms with Gasteiger partial charge in [0.25, 0.3) is 0 Å². The number of anilines is 1. The van der Waals surface area contributed by atoms with Gasteiger partial charge in [-0.15, -0.1) is 0 Å². The second kappa shape index (κ2) is 8.30. The molecule has 0 saturated heterocycles. The van der Waals surface area contributed by atoms with E-state index in [-0.39, 0.29) is 5.78 Å². The zero-order valence-corrected chi connectivity index (χ0v) is 15.9. The number of allylic oxidation sites excluding steroid dienone is 1. The van der Waals surface area contributed by atoms with Crippen molar-refractivity contribution in [2.45, 2.75) is 0 Å². The van der Waals surface area contributed by atoms with Crippen LogP contribution in [0.2, 0.25) is 0 Å². The van der Waals surface area contributed by atoms with E-state index in [0.717, 1.165) is 5.56 Å². The number of aromatic amines is 1. The largest absolute Gasteiger partial charge is 0.493 e. The third kappa shape index (κ3) is 3.98. The summed E-state index contributed by atoms with van der Waals surface area (Å²) in [5.74, 6) is 1.47. The van der Waals surface area contributed by atoms with Crippen LogP contribution in [0, 0.1) is 0 Å². The van der Waals surface area contributed by atoms with E-state index in [2.05, 4.69) is 10.2 Å². The van der Waals surface area contributed by atoms with Crippen molar-refractivity contribution in [2.75, 3.05) is 27.1 Å². The number of aromatic nitrogens is 2. The smallest absolute Gasteiger partial charge is 0.203 e. The Bertz CT molecular complexity index is 982. The summed E-state index contributed by atoms with van der Waals surface area (Å²) in [6.07, 6.45) is 3.16. The molecule has 0 bridgehead atoms. The number of hydrogen-bond donors (Lipinski definition) is 2. The Morgan fingerprint density at radius 1 is 1.00 bits per heavy atom. The van der Waals surface area contributed by atoms with Crippen LogP contribution in [0.15, 0.2) is 48.5 Å².